The molecule has 1 saturated heterocycles. The lowest BCUT2D eigenvalue weighted by molar-refractivity contribution is -0.385. The first-order valence-electron chi connectivity index (χ1n) is 6.17. The van der Waals surface area contributed by atoms with Crippen LogP contribution in [0.1, 0.15) is 18.9 Å². The maximum absolute atomic E-state index is 12.4. The van der Waals surface area contributed by atoms with Crippen molar-refractivity contribution < 1.29 is 18.4 Å². The minimum Gasteiger partial charge on any atom is -0.387 e. The molecule has 20 heavy (non-hydrogen) atoms. The van der Waals surface area contributed by atoms with Crippen molar-refractivity contribution in [3.05, 3.63) is 33.9 Å². The third kappa shape index (κ3) is 2.41. The van der Waals surface area contributed by atoms with Gasteiger partial charge in [-0.2, -0.15) is 4.31 Å². The normalized spacial score (nSPS) is 18.6. The van der Waals surface area contributed by atoms with Gasteiger partial charge in [0.25, 0.3) is 5.69 Å². The van der Waals surface area contributed by atoms with Gasteiger partial charge < -0.3 is 5.11 Å². The largest absolute Gasteiger partial charge is 0.387 e. The molecule has 0 bridgehead atoms. The van der Waals surface area contributed by atoms with Crippen molar-refractivity contribution in [3.8, 4) is 0 Å². The summed E-state index contributed by atoms with van der Waals surface area (Å²) in [5.41, 5.74) is -0.775. The average Bonchev–Trinajstić information content (AvgIpc) is 2.34. The van der Waals surface area contributed by atoms with Crippen molar-refractivity contribution in [2.75, 3.05) is 13.1 Å². The lowest BCUT2D eigenvalue weighted by Crippen LogP contribution is -2.62. The Morgan fingerprint density at radius 1 is 1.45 bits per heavy atom. The summed E-state index contributed by atoms with van der Waals surface area (Å²) in [6.07, 6.45) is 0.484. The zero-order valence-electron chi connectivity index (χ0n) is 11.2. The van der Waals surface area contributed by atoms with E-state index in [4.69, 9.17) is 0 Å². The van der Waals surface area contributed by atoms with Gasteiger partial charge >= 0.3 is 0 Å². The van der Waals surface area contributed by atoms with Gasteiger partial charge in [0.1, 0.15) is 0 Å². The summed E-state index contributed by atoms with van der Waals surface area (Å²) in [6, 6.07) is 3.65. The summed E-state index contributed by atoms with van der Waals surface area (Å²) in [5.74, 6) is 0. The summed E-state index contributed by atoms with van der Waals surface area (Å²) < 4.78 is 25.9. The second kappa shape index (κ2) is 4.80. The average molecular weight is 300 g/mol. The van der Waals surface area contributed by atoms with Crippen LogP contribution in [0.2, 0.25) is 0 Å². The number of nitrogens with zero attached hydrogens (tertiary/aromatic N) is 2. The number of benzene rings is 1. The molecule has 0 atom stereocenters. The van der Waals surface area contributed by atoms with Gasteiger partial charge in [0.15, 0.2) is 0 Å². The predicted octanol–water partition coefficient (Wildman–Crippen LogP) is 1.05. The Balaban J connectivity index is 2.30. The van der Waals surface area contributed by atoms with Gasteiger partial charge in [-0.3, -0.25) is 10.1 Å². The first-order valence-corrected chi connectivity index (χ1v) is 7.61. The van der Waals surface area contributed by atoms with E-state index in [0.29, 0.717) is 12.0 Å². The number of hydrogen-bond acceptors (Lipinski definition) is 5. The Bertz CT molecular complexity index is 650. The van der Waals surface area contributed by atoms with Crippen molar-refractivity contribution in [1.29, 1.82) is 0 Å². The van der Waals surface area contributed by atoms with Crippen molar-refractivity contribution in [2.45, 2.75) is 30.8 Å². The number of nitro groups is 1. The molecule has 1 heterocycles. The number of non-ortho nitro benzene ring substituents is 1. The Morgan fingerprint density at radius 2 is 2.05 bits per heavy atom. The third-order valence-corrected chi connectivity index (χ3v) is 5.54. The molecule has 1 fully saturated rings. The first kappa shape index (κ1) is 14.9. The van der Waals surface area contributed by atoms with Crippen molar-refractivity contribution in [3.63, 3.8) is 0 Å². The summed E-state index contributed by atoms with van der Waals surface area (Å²) in [5, 5.41) is 20.5. The highest BCUT2D eigenvalue weighted by molar-refractivity contribution is 7.89. The Kier molecular flexibility index (Phi) is 3.57. The summed E-state index contributed by atoms with van der Waals surface area (Å²) >= 11 is 0. The van der Waals surface area contributed by atoms with E-state index in [0.717, 1.165) is 0 Å². The first-order chi connectivity index (χ1) is 9.19. The van der Waals surface area contributed by atoms with E-state index < -0.39 is 20.5 Å². The molecular weight excluding hydrogens is 284 g/mol. The van der Waals surface area contributed by atoms with Crippen LogP contribution in [0.15, 0.2) is 23.1 Å². The lowest BCUT2D eigenvalue weighted by atomic mass is 9.94. The zero-order valence-corrected chi connectivity index (χ0v) is 12.1. The number of aryl methyl sites for hydroxylation is 1. The molecule has 8 heteroatoms. The number of rotatable bonds is 4. The predicted molar refractivity (Wildman–Crippen MR) is 71.8 cm³/mol. The quantitative estimate of drug-likeness (QED) is 0.661. The van der Waals surface area contributed by atoms with Crippen LogP contribution in [0.5, 0.6) is 0 Å². The maximum Gasteiger partial charge on any atom is 0.269 e. The highest BCUT2D eigenvalue weighted by Gasteiger charge is 2.46. The Morgan fingerprint density at radius 3 is 2.50 bits per heavy atom. The molecule has 1 aromatic rings. The number of β-amino-alcohol motifs (C(OH)–C–C–N with tert-alkyl or cyclic N) is 1. The zero-order chi connectivity index (χ0) is 15.1. The SMILES string of the molecule is CCC1(O)CN(S(=O)(=O)c2ccc([N+](=O)[O-])cc2C)C1. The molecule has 1 N–H and O–H groups in total. The van der Waals surface area contributed by atoms with Crippen molar-refractivity contribution in [1.82, 2.24) is 4.31 Å². The van der Waals surface area contributed by atoms with Crippen LogP contribution >= 0.6 is 0 Å². The second-order valence-corrected chi connectivity index (χ2v) is 6.96. The molecule has 2 rings (SSSR count). The van der Waals surface area contributed by atoms with Crippen LogP contribution in [0.25, 0.3) is 0 Å². The topological polar surface area (TPSA) is 101 Å². The minimum absolute atomic E-state index is 0.0428. The van der Waals surface area contributed by atoms with Gasteiger partial charge in [-0.25, -0.2) is 8.42 Å². The molecule has 0 radical (unpaired) electrons. The second-order valence-electron chi connectivity index (χ2n) is 5.06. The molecule has 0 aliphatic carbocycles. The molecule has 0 amide bonds. The molecule has 0 unspecified atom stereocenters. The molecule has 0 spiro atoms. The molecule has 110 valence electrons. The fraction of sp³-hybridized carbons (Fsp3) is 0.500. The smallest absolute Gasteiger partial charge is 0.269 e. The van der Waals surface area contributed by atoms with Crippen LogP contribution in [0, 0.1) is 17.0 Å². The molecule has 1 aromatic carbocycles. The lowest BCUT2D eigenvalue weighted by Gasteiger charge is -2.44. The minimum atomic E-state index is -3.71. The molecule has 0 saturated carbocycles. The molecule has 1 aliphatic heterocycles. The van der Waals surface area contributed by atoms with E-state index in [1.54, 1.807) is 6.92 Å². The monoisotopic (exact) mass is 300 g/mol. The molecular formula is C12H16N2O5S. The standard InChI is InChI=1S/C12H16N2O5S/c1-3-12(15)7-13(8-12)20(18,19)11-5-4-10(14(16)17)6-9(11)2/h4-6,15H,3,7-8H2,1-2H3. The van der Waals surface area contributed by atoms with E-state index in [-0.39, 0.29) is 23.7 Å². The van der Waals surface area contributed by atoms with E-state index in [9.17, 15) is 23.6 Å². The van der Waals surface area contributed by atoms with E-state index in [2.05, 4.69) is 0 Å². The van der Waals surface area contributed by atoms with Gasteiger partial charge in [-0.15, -0.1) is 0 Å². The Hall–Kier alpha value is -1.51. The molecule has 1 aliphatic rings. The van der Waals surface area contributed by atoms with Crippen molar-refractivity contribution >= 4 is 15.7 Å². The van der Waals surface area contributed by atoms with Gasteiger partial charge in [-0.05, 0) is 25.0 Å². The number of sulfonamides is 1. The van der Waals surface area contributed by atoms with Crippen LogP contribution in [-0.2, 0) is 10.0 Å². The van der Waals surface area contributed by atoms with E-state index in [1.165, 1.54) is 29.4 Å². The maximum atomic E-state index is 12.4. The van der Waals surface area contributed by atoms with Crippen LogP contribution in [0.4, 0.5) is 5.69 Å². The van der Waals surface area contributed by atoms with Crippen LogP contribution in [-0.4, -0.2) is 41.4 Å². The van der Waals surface area contributed by atoms with Crippen LogP contribution in [0.3, 0.4) is 0 Å². The summed E-state index contributed by atoms with van der Waals surface area (Å²) in [4.78, 5) is 10.1. The molecule has 7 nitrogen and oxygen atoms in total. The van der Waals surface area contributed by atoms with Crippen LogP contribution < -0.4 is 0 Å². The number of aliphatic hydroxyl groups is 1. The number of nitro benzene ring substituents is 1. The van der Waals surface area contributed by atoms with Gasteiger partial charge in [-0.1, -0.05) is 6.92 Å². The highest BCUT2D eigenvalue weighted by Crippen LogP contribution is 2.32. The van der Waals surface area contributed by atoms with E-state index >= 15 is 0 Å². The van der Waals surface area contributed by atoms with Crippen molar-refractivity contribution in [2.24, 2.45) is 0 Å². The highest BCUT2D eigenvalue weighted by atomic mass is 32.2. The number of hydrogen-bond donors (Lipinski definition) is 1. The fourth-order valence-electron chi connectivity index (χ4n) is 2.18. The molecule has 0 aromatic heterocycles. The summed E-state index contributed by atoms with van der Waals surface area (Å²) in [6.45, 7) is 3.43. The van der Waals surface area contributed by atoms with Gasteiger partial charge in [0.05, 0.1) is 15.4 Å². The third-order valence-electron chi connectivity index (χ3n) is 3.59. The fourth-order valence-corrected chi connectivity index (χ4v) is 3.98. The summed E-state index contributed by atoms with van der Waals surface area (Å²) in [7, 11) is -3.71. The van der Waals surface area contributed by atoms with Gasteiger partial charge in [0, 0.05) is 25.2 Å². The van der Waals surface area contributed by atoms with Gasteiger partial charge in [0.2, 0.25) is 10.0 Å². The Labute approximate surface area is 117 Å². The van der Waals surface area contributed by atoms with E-state index in [1.807, 2.05) is 0 Å².